The van der Waals surface area contributed by atoms with Crippen LogP contribution in [0.3, 0.4) is 0 Å². The van der Waals surface area contributed by atoms with Crippen LogP contribution in [-0.2, 0) is 0 Å². The molecule has 1 aromatic rings. The molecule has 1 atom stereocenters. The zero-order valence-electron chi connectivity index (χ0n) is 9.33. The lowest BCUT2D eigenvalue weighted by molar-refractivity contribution is -0.0266. The second-order valence-corrected chi connectivity index (χ2v) is 5.17. The molecular weight excluding hydrogens is 256 g/mol. The van der Waals surface area contributed by atoms with Crippen molar-refractivity contribution in [2.45, 2.75) is 26.4 Å². The van der Waals surface area contributed by atoms with Crippen molar-refractivity contribution >= 4 is 15.9 Å². The molecule has 0 aliphatic heterocycles. The number of ether oxygens (including phenoxy) is 1. The van der Waals surface area contributed by atoms with Crippen molar-refractivity contribution in [3.8, 4) is 5.75 Å². The first kappa shape index (κ1) is 12.5. The lowest BCUT2D eigenvalue weighted by Gasteiger charge is -2.27. The third-order valence-electron chi connectivity index (χ3n) is 2.57. The van der Waals surface area contributed by atoms with Crippen LogP contribution < -0.4 is 4.74 Å². The molecule has 0 bridgehead atoms. The van der Waals surface area contributed by atoms with Gasteiger partial charge in [-0.05, 0) is 31.0 Å². The highest BCUT2D eigenvalue weighted by molar-refractivity contribution is 9.10. The Morgan fingerprint density at radius 3 is 2.67 bits per heavy atom. The molecule has 2 nitrogen and oxygen atoms in total. The van der Waals surface area contributed by atoms with E-state index >= 15 is 0 Å². The maximum atomic E-state index is 9.99. The summed E-state index contributed by atoms with van der Waals surface area (Å²) < 4.78 is 6.51. The van der Waals surface area contributed by atoms with E-state index in [2.05, 4.69) is 15.9 Å². The van der Waals surface area contributed by atoms with E-state index in [0.717, 1.165) is 10.2 Å². The standard InChI is InChI=1S/C12H17BrO2/c1-9(2)12(3,14)8-15-11-6-4-5-10(13)7-11/h4-7,9,14H,8H2,1-3H3. The SMILES string of the molecule is CC(C)C(C)(O)COc1cccc(Br)c1. The molecule has 1 rings (SSSR count). The van der Waals surface area contributed by atoms with Crippen LogP contribution in [0.15, 0.2) is 28.7 Å². The summed E-state index contributed by atoms with van der Waals surface area (Å²) in [7, 11) is 0. The molecule has 0 saturated carbocycles. The van der Waals surface area contributed by atoms with Gasteiger partial charge in [-0.3, -0.25) is 0 Å². The predicted molar refractivity (Wildman–Crippen MR) is 65.1 cm³/mol. The van der Waals surface area contributed by atoms with Gasteiger partial charge in [0.15, 0.2) is 0 Å². The highest BCUT2D eigenvalue weighted by Gasteiger charge is 2.25. The third-order valence-corrected chi connectivity index (χ3v) is 3.06. The molecule has 1 aromatic carbocycles. The highest BCUT2D eigenvalue weighted by Crippen LogP contribution is 2.21. The molecule has 0 heterocycles. The fourth-order valence-electron chi connectivity index (χ4n) is 0.953. The number of benzene rings is 1. The Hall–Kier alpha value is -0.540. The van der Waals surface area contributed by atoms with Crippen LogP contribution in [-0.4, -0.2) is 17.3 Å². The van der Waals surface area contributed by atoms with Gasteiger partial charge in [-0.15, -0.1) is 0 Å². The van der Waals surface area contributed by atoms with E-state index in [1.54, 1.807) is 6.92 Å². The minimum absolute atomic E-state index is 0.171. The second kappa shape index (κ2) is 4.99. The van der Waals surface area contributed by atoms with Crippen LogP contribution in [0.5, 0.6) is 5.75 Å². The van der Waals surface area contributed by atoms with Crippen molar-refractivity contribution in [2.75, 3.05) is 6.61 Å². The van der Waals surface area contributed by atoms with E-state index < -0.39 is 5.60 Å². The fraction of sp³-hybridized carbons (Fsp3) is 0.500. The summed E-state index contributed by atoms with van der Waals surface area (Å²) >= 11 is 3.37. The van der Waals surface area contributed by atoms with Gasteiger partial charge < -0.3 is 9.84 Å². The predicted octanol–water partition coefficient (Wildman–Crippen LogP) is 3.23. The number of hydrogen-bond acceptors (Lipinski definition) is 2. The van der Waals surface area contributed by atoms with Crippen LogP contribution in [0.25, 0.3) is 0 Å². The quantitative estimate of drug-likeness (QED) is 0.912. The van der Waals surface area contributed by atoms with E-state index in [-0.39, 0.29) is 5.92 Å². The lowest BCUT2D eigenvalue weighted by atomic mass is 9.94. The summed E-state index contributed by atoms with van der Waals surface area (Å²) in [6, 6.07) is 7.61. The zero-order chi connectivity index (χ0) is 11.5. The first-order valence-electron chi connectivity index (χ1n) is 5.02. The molecule has 84 valence electrons. The van der Waals surface area contributed by atoms with Crippen molar-refractivity contribution in [3.63, 3.8) is 0 Å². The Bertz CT molecular complexity index is 321. The van der Waals surface area contributed by atoms with Gasteiger partial charge in [0.2, 0.25) is 0 Å². The van der Waals surface area contributed by atoms with Gasteiger partial charge in [-0.2, -0.15) is 0 Å². The molecule has 0 aliphatic rings. The van der Waals surface area contributed by atoms with Gasteiger partial charge in [-0.1, -0.05) is 35.8 Å². The molecule has 3 heteroatoms. The third kappa shape index (κ3) is 3.84. The van der Waals surface area contributed by atoms with Crippen LogP contribution in [0, 0.1) is 5.92 Å². The topological polar surface area (TPSA) is 29.5 Å². The fourth-order valence-corrected chi connectivity index (χ4v) is 1.33. The molecule has 0 fully saturated rings. The summed E-state index contributed by atoms with van der Waals surface area (Å²) in [5, 5.41) is 9.99. The molecule has 0 aliphatic carbocycles. The smallest absolute Gasteiger partial charge is 0.120 e. The van der Waals surface area contributed by atoms with Gasteiger partial charge in [0.05, 0.1) is 5.60 Å². The summed E-state index contributed by atoms with van der Waals surface area (Å²) in [4.78, 5) is 0. The van der Waals surface area contributed by atoms with Crippen LogP contribution in [0.2, 0.25) is 0 Å². The number of halogens is 1. The Labute approximate surface area is 99.4 Å². The maximum Gasteiger partial charge on any atom is 0.120 e. The van der Waals surface area contributed by atoms with Crippen molar-refractivity contribution in [3.05, 3.63) is 28.7 Å². The Morgan fingerprint density at radius 1 is 1.47 bits per heavy atom. The second-order valence-electron chi connectivity index (χ2n) is 4.26. The largest absolute Gasteiger partial charge is 0.491 e. The van der Waals surface area contributed by atoms with E-state index in [9.17, 15) is 5.11 Å². The molecular formula is C12H17BrO2. The highest BCUT2D eigenvalue weighted by atomic mass is 79.9. The molecule has 0 radical (unpaired) electrons. The monoisotopic (exact) mass is 272 g/mol. The van der Waals surface area contributed by atoms with Crippen LogP contribution >= 0.6 is 15.9 Å². The summed E-state index contributed by atoms with van der Waals surface area (Å²) in [5.74, 6) is 0.940. The number of rotatable bonds is 4. The first-order chi connectivity index (χ1) is 6.92. The average molecular weight is 273 g/mol. The van der Waals surface area contributed by atoms with Gasteiger partial charge in [0.1, 0.15) is 12.4 Å². The molecule has 0 spiro atoms. The normalized spacial score (nSPS) is 15.1. The summed E-state index contributed by atoms with van der Waals surface area (Å²) in [6.07, 6.45) is 0. The van der Waals surface area contributed by atoms with Gasteiger partial charge >= 0.3 is 0 Å². The average Bonchev–Trinajstić information content (AvgIpc) is 2.15. The van der Waals surface area contributed by atoms with E-state index in [4.69, 9.17) is 4.74 Å². The Balaban J connectivity index is 2.57. The van der Waals surface area contributed by atoms with Gasteiger partial charge in [0, 0.05) is 4.47 Å². The summed E-state index contributed by atoms with van der Waals surface area (Å²) in [6.45, 7) is 6.05. The molecule has 1 N–H and O–H groups in total. The molecule has 0 amide bonds. The van der Waals surface area contributed by atoms with Crippen molar-refractivity contribution in [2.24, 2.45) is 5.92 Å². The van der Waals surface area contributed by atoms with E-state index in [0.29, 0.717) is 6.61 Å². The molecule has 1 unspecified atom stereocenters. The van der Waals surface area contributed by atoms with E-state index in [1.165, 1.54) is 0 Å². The maximum absolute atomic E-state index is 9.99. The minimum Gasteiger partial charge on any atom is -0.491 e. The van der Waals surface area contributed by atoms with Crippen molar-refractivity contribution in [1.29, 1.82) is 0 Å². The molecule has 0 aromatic heterocycles. The Morgan fingerprint density at radius 2 is 2.13 bits per heavy atom. The van der Waals surface area contributed by atoms with E-state index in [1.807, 2.05) is 38.1 Å². The van der Waals surface area contributed by atoms with Crippen molar-refractivity contribution in [1.82, 2.24) is 0 Å². The molecule has 15 heavy (non-hydrogen) atoms. The molecule has 0 saturated heterocycles. The zero-order valence-corrected chi connectivity index (χ0v) is 10.9. The summed E-state index contributed by atoms with van der Waals surface area (Å²) in [5.41, 5.74) is -0.789. The van der Waals surface area contributed by atoms with Crippen LogP contribution in [0.4, 0.5) is 0 Å². The minimum atomic E-state index is -0.789. The lowest BCUT2D eigenvalue weighted by Crippen LogP contribution is -2.37. The van der Waals surface area contributed by atoms with Crippen LogP contribution in [0.1, 0.15) is 20.8 Å². The first-order valence-corrected chi connectivity index (χ1v) is 5.82. The van der Waals surface area contributed by atoms with Crippen molar-refractivity contribution < 1.29 is 9.84 Å². The van der Waals surface area contributed by atoms with Gasteiger partial charge in [0.25, 0.3) is 0 Å². The Kier molecular flexibility index (Phi) is 4.17. The number of hydrogen-bond donors (Lipinski definition) is 1. The van der Waals surface area contributed by atoms with Gasteiger partial charge in [-0.25, -0.2) is 0 Å². The number of aliphatic hydroxyl groups is 1.